The van der Waals surface area contributed by atoms with Crippen molar-refractivity contribution in [1.29, 1.82) is 0 Å². The molecule has 2 amide bonds. The Labute approximate surface area is 151 Å². The van der Waals surface area contributed by atoms with Crippen molar-refractivity contribution >= 4 is 29.5 Å². The van der Waals surface area contributed by atoms with Gasteiger partial charge in [0.25, 0.3) is 5.91 Å². The molecule has 2 aliphatic rings. The molecule has 25 heavy (non-hydrogen) atoms. The molecule has 1 aromatic rings. The van der Waals surface area contributed by atoms with Crippen molar-refractivity contribution < 1.29 is 18.7 Å². The molecule has 2 heterocycles. The van der Waals surface area contributed by atoms with Crippen molar-refractivity contribution in [2.45, 2.75) is 18.9 Å². The summed E-state index contributed by atoms with van der Waals surface area (Å²) in [5, 5.41) is 0.0239. The predicted molar refractivity (Wildman–Crippen MR) is 92.6 cm³/mol. The first-order valence-electron chi connectivity index (χ1n) is 8.37. The van der Waals surface area contributed by atoms with Crippen molar-refractivity contribution in [1.82, 2.24) is 9.80 Å². The summed E-state index contributed by atoms with van der Waals surface area (Å²) in [6, 6.07) is 4.30. The number of amides is 2. The van der Waals surface area contributed by atoms with Gasteiger partial charge in [-0.1, -0.05) is 17.7 Å². The third kappa shape index (κ3) is 4.38. The highest BCUT2D eigenvalue weighted by Gasteiger charge is 2.30. The Morgan fingerprint density at radius 1 is 1.20 bits per heavy atom. The van der Waals surface area contributed by atoms with Gasteiger partial charge in [0, 0.05) is 38.9 Å². The van der Waals surface area contributed by atoms with Crippen LogP contribution >= 0.6 is 11.6 Å². The zero-order chi connectivity index (χ0) is 17.8. The number of ether oxygens (including phenoxy) is 1. The number of halogens is 2. The van der Waals surface area contributed by atoms with Gasteiger partial charge in [-0.3, -0.25) is 9.59 Å². The maximum Gasteiger partial charge on any atom is 0.251 e. The summed E-state index contributed by atoms with van der Waals surface area (Å²) in [5.41, 5.74) is 0.659. The molecular weight excluding hydrogens is 347 g/mol. The van der Waals surface area contributed by atoms with E-state index in [9.17, 15) is 14.0 Å². The van der Waals surface area contributed by atoms with Gasteiger partial charge in [-0.05, 0) is 36.6 Å². The minimum Gasteiger partial charge on any atom is -0.368 e. The Hall–Kier alpha value is -1.92. The van der Waals surface area contributed by atoms with Crippen LogP contribution in [0.1, 0.15) is 18.4 Å². The van der Waals surface area contributed by atoms with Crippen LogP contribution in [0.3, 0.4) is 0 Å². The molecule has 0 radical (unpaired) electrons. The number of hydrogen-bond acceptors (Lipinski definition) is 3. The lowest BCUT2D eigenvalue weighted by Gasteiger charge is -2.35. The van der Waals surface area contributed by atoms with Crippen molar-refractivity contribution in [3.8, 4) is 0 Å². The summed E-state index contributed by atoms with van der Waals surface area (Å²) in [6.45, 7) is 2.66. The fraction of sp³-hybridized carbons (Fsp3) is 0.444. The summed E-state index contributed by atoms with van der Waals surface area (Å²) in [4.78, 5) is 28.0. The van der Waals surface area contributed by atoms with E-state index < -0.39 is 5.82 Å². The van der Waals surface area contributed by atoms with E-state index in [0.29, 0.717) is 38.3 Å². The van der Waals surface area contributed by atoms with Gasteiger partial charge >= 0.3 is 0 Å². The first-order valence-corrected chi connectivity index (χ1v) is 8.75. The highest BCUT2D eigenvalue weighted by molar-refractivity contribution is 6.30. The van der Waals surface area contributed by atoms with E-state index >= 15 is 0 Å². The molecule has 0 N–H and O–H groups in total. The molecule has 134 valence electrons. The minimum absolute atomic E-state index is 0.0239. The largest absolute Gasteiger partial charge is 0.368 e. The number of carbonyl (C=O) groups is 2. The molecule has 0 aliphatic carbocycles. The Morgan fingerprint density at radius 2 is 1.92 bits per heavy atom. The highest BCUT2D eigenvalue weighted by Crippen LogP contribution is 2.18. The summed E-state index contributed by atoms with van der Waals surface area (Å²) >= 11 is 5.73. The third-order valence-corrected chi connectivity index (χ3v) is 4.76. The SMILES string of the molecule is O=C(/C=C/c1ccc(F)c(Cl)c1)N1CCN(C(=O)[C@@H]2CCCO2)CC1. The van der Waals surface area contributed by atoms with Gasteiger partial charge in [-0.25, -0.2) is 4.39 Å². The minimum atomic E-state index is -0.489. The van der Waals surface area contributed by atoms with Crippen molar-refractivity contribution in [2.24, 2.45) is 0 Å². The number of carbonyl (C=O) groups excluding carboxylic acids is 2. The number of hydrogen-bond donors (Lipinski definition) is 0. The number of benzene rings is 1. The van der Waals surface area contributed by atoms with E-state index in [4.69, 9.17) is 16.3 Å². The van der Waals surface area contributed by atoms with E-state index in [0.717, 1.165) is 12.8 Å². The zero-order valence-corrected chi connectivity index (χ0v) is 14.5. The maximum absolute atomic E-state index is 13.1. The van der Waals surface area contributed by atoms with Gasteiger partial charge < -0.3 is 14.5 Å². The van der Waals surface area contributed by atoms with Crippen LogP contribution in [0.2, 0.25) is 5.02 Å². The molecule has 1 aromatic carbocycles. The average Bonchev–Trinajstić information content (AvgIpc) is 3.16. The second-order valence-electron chi connectivity index (χ2n) is 6.16. The molecule has 2 fully saturated rings. The van der Waals surface area contributed by atoms with Gasteiger partial charge in [0.15, 0.2) is 0 Å². The van der Waals surface area contributed by atoms with Crippen LogP contribution in [0.5, 0.6) is 0 Å². The van der Waals surface area contributed by atoms with E-state index in [1.165, 1.54) is 18.2 Å². The van der Waals surface area contributed by atoms with Crippen LogP contribution < -0.4 is 0 Å². The van der Waals surface area contributed by atoms with E-state index in [1.54, 1.807) is 21.9 Å². The summed E-state index contributed by atoms with van der Waals surface area (Å²) in [7, 11) is 0. The molecule has 2 aliphatic heterocycles. The van der Waals surface area contributed by atoms with Crippen LogP contribution in [0.4, 0.5) is 4.39 Å². The Kier molecular flexibility index (Phi) is 5.71. The highest BCUT2D eigenvalue weighted by atomic mass is 35.5. The van der Waals surface area contributed by atoms with Gasteiger partial charge in [-0.2, -0.15) is 0 Å². The molecular formula is C18H20ClFN2O3. The second-order valence-corrected chi connectivity index (χ2v) is 6.57. The lowest BCUT2D eigenvalue weighted by Crippen LogP contribution is -2.52. The lowest BCUT2D eigenvalue weighted by atomic mass is 10.2. The smallest absolute Gasteiger partial charge is 0.251 e. The average molecular weight is 367 g/mol. The van der Waals surface area contributed by atoms with Crippen molar-refractivity contribution in [3.05, 3.63) is 40.7 Å². The molecule has 0 spiro atoms. The zero-order valence-electron chi connectivity index (χ0n) is 13.8. The molecule has 0 aromatic heterocycles. The van der Waals surface area contributed by atoms with Crippen LogP contribution in [0.25, 0.3) is 6.08 Å². The van der Waals surface area contributed by atoms with E-state index in [-0.39, 0.29) is 22.9 Å². The van der Waals surface area contributed by atoms with E-state index in [2.05, 4.69) is 0 Å². The fourth-order valence-corrected chi connectivity index (χ4v) is 3.20. The summed E-state index contributed by atoms with van der Waals surface area (Å²) < 4.78 is 18.6. The van der Waals surface area contributed by atoms with E-state index in [1.807, 2.05) is 0 Å². The summed E-state index contributed by atoms with van der Waals surface area (Å²) in [6.07, 6.45) is 4.44. The fourth-order valence-electron chi connectivity index (χ4n) is 3.01. The topological polar surface area (TPSA) is 49.9 Å². The quantitative estimate of drug-likeness (QED) is 0.771. The maximum atomic E-state index is 13.1. The normalized spacial score (nSPS) is 21.1. The van der Waals surface area contributed by atoms with Gasteiger partial charge in [0.1, 0.15) is 11.9 Å². The standard InChI is InChI=1S/C18H20ClFN2O3/c19-14-12-13(3-5-15(14)20)4-6-17(23)21-7-9-22(10-8-21)18(24)16-2-1-11-25-16/h3-6,12,16H,1-2,7-11H2/b6-4+/t16-/m0/s1. The molecule has 0 bridgehead atoms. The second kappa shape index (κ2) is 7.97. The molecule has 2 saturated heterocycles. The Bertz CT molecular complexity index is 681. The van der Waals surface area contributed by atoms with Crippen LogP contribution in [0, 0.1) is 5.82 Å². The first kappa shape index (κ1) is 17.9. The molecule has 1 atom stereocenters. The Morgan fingerprint density at radius 3 is 2.56 bits per heavy atom. The number of rotatable bonds is 3. The Balaban J connectivity index is 1.51. The lowest BCUT2D eigenvalue weighted by molar-refractivity contribution is -0.144. The van der Waals surface area contributed by atoms with Crippen LogP contribution in [-0.4, -0.2) is 60.5 Å². The van der Waals surface area contributed by atoms with Crippen molar-refractivity contribution in [2.75, 3.05) is 32.8 Å². The monoisotopic (exact) mass is 366 g/mol. The molecule has 3 rings (SSSR count). The van der Waals surface area contributed by atoms with Gasteiger partial charge in [-0.15, -0.1) is 0 Å². The number of nitrogens with zero attached hydrogens (tertiary/aromatic N) is 2. The van der Waals surface area contributed by atoms with Crippen molar-refractivity contribution in [3.63, 3.8) is 0 Å². The first-order chi connectivity index (χ1) is 12.0. The van der Waals surface area contributed by atoms with Crippen LogP contribution in [-0.2, 0) is 14.3 Å². The number of piperazine rings is 1. The summed E-state index contributed by atoms with van der Waals surface area (Å²) in [5.74, 6) is -0.595. The molecule has 5 nitrogen and oxygen atoms in total. The molecule has 0 unspecified atom stereocenters. The molecule has 0 saturated carbocycles. The predicted octanol–water partition coefficient (Wildman–Crippen LogP) is 2.34. The van der Waals surface area contributed by atoms with Gasteiger partial charge in [0.05, 0.1) is 5.02 Å². The van der Waals surface area contributed by atoms with Gasteiger partial charge in [0.2, 0.25) is 5.91 Å². The third-order valence-electron chi connectivity index (χ3n) is 4.47. The van der Waals surface area contributed by atoms with Crippen LogP contribution in [0.15, 0.2) is 24.3 Å². The molecule has 7 heteroatoms.